The van der Waals surface area contributed by atoms with Crippen LogP contribution in [-0.4, -0.2) is 61.4 Å². The molecule has 1 amide bonds. The van der Waals surface area contributed by atoms with E-state index < -0.39 is 47.1 Å². The number of hydrogen-bond donors (Lipinski definition) is 0. The lowest BCUT2D eigenvalue weighted by atomic mass is 9.69. The Hall–Kier alpha value is -3.23. The number of likely N-dealkylation sites (tertiary alicyclic amines) is 1. The lowest BCUT2D eigenvalue weighted by Gasteiger charge is -2.53. The van der Waals surface area contributed by atoms with Crippen LogP contribution in [0.15, 0.2) is 30.3 Å². The molecule has 1 aromatic rings. The first-order chi connectivity index (χ1) is 12.8. The van der Waals surface area contributed by atoms with Crippen LogP contribution >= 0.6 is 0 Å². The van der Waals surface area contributed by atoms with Gasteiger partial charge >= 0.3 is 17.9 Å². The summed E-state index contributed by atoms with van der Waals surface area (Å²) in [6.45, 7) is 1.07. The van der Waals surface area contributed by atoms with Gasteiger partial charge < -0.3 is 14.2 Å². The van der Waals surface area contributed by atoms with Crippen molar-refractivity contribution in [1.29, 1.82) is 0 Å². The maximum absolute atomic E-state index is 12.8. The molecule has 144 valence electrons. The monoisotopic (exact) mass is 377 g/mol. The van der Waals surface area contributed by atoms with E-state index in [1.54, 1.807) is 18.2 Å². The van der Waals surface area contributed by atoms with Crippen molar-refractivity contribution >= 4 is 29.6 Å². The number of Topliss-reactive ketones (excluding diaryl/α,β-unsaturated/α-hetero) is 1. The maximum Gasteiger partial charge on any atom is 0.345 e. The zero-order valence-electron chi connectivity index (χ0n) is 15.3. The largest absolute Gasteiger partial charge is 0.467 e. The Labute approximate surface area is 155 Å². The van der Waals surface area contributed by atoms with Crippen molar-refractivity contribution in [2.75, 3.05) is 21.3 Å². The van der Waals surface area contributed by atoms with Crippen LogP contribution in [0.3, 0.4) is 0 Å². The van der Waals surface area contributed by atoms with Gasteiger partial charge in [0.1, 0.15) is 11.7 Å². The number of ether oxygens (including phenoxy) is 3. The first kappa shape index (κ1) is 20.1. The highest BCUT2D eigenvalue weighted by Crippen LogP contribution is 2.46. The summed E-state index contributed by atoms with van der Waals surface area (Å²) in [6.07, 6.45) is 0. The number of esters is 3. The summed E-state index contributed by atoms with van der Waals surface area (Å²) in [4.78, 5) is 63.2. The van der Waals surface area contributed by atoms with E-state index in [4.69, 9.17) is 14.2 Å². The molecular formula is C18H19NO8. The molecule has 9 heteroatoms. The molecule has 2 atom stereocenters. The number of nitrogens with zero attached hydrogens (tertiary/aromatic N) is 1. The molecule has 0 aliphatic carbocycles. The van der Waals surface area contributed by atoms with Gasteiger partial charge in [0.15, 0.2) is 6.04 Å². The Kier molecular flexibility index (Phi) is 5.63. The lowest BCUT2D eigenvalue weighted by Crippen LogP contribution is -2.81. The van der Waals surface area contributed by atoms with Gasteiger partial charge in [-0.25, -0.2) is 14.4 Å². The number of rotatable bonds is 6. The average molecular weight is 377 g/mol. The Balaban J connectivity index is 2.74. The molecule has 1 heterocycles. The van der Waals surface area contributed by atoms with Gasteiger partial charge in [-0.05, 0) is 12.5 Å². The molecule has 0 N–H and O–H groups in total. The second-order valence-corrected chi connectivity index (χ2v) is 5.84. The van der Waals surface area contributed by atoms with Crippen LogP contribution in [-0.2, 0) is 38.2 Å². The number of methoxy groups -OCH3 is 3. The molecule has 9 nitrogen and oxygen atoms in total. The smallest absolute Gasteiger partial charge is 0.345 e. The molecule has 0 radical (unpaired) electrons. The summed E-state index contributed by atoms with van der Waals surface area (Å²) in [7, 11) is 3.10. The van der Waals surface area contributed by atoms with Crippen molar-refractivity contribution in [3.8, 4) is 0 Å². The van der Waals surface area contributed by atoms with Crippen LogP contribution in [0, 0.1) is 5.92 Å². The molecule has 0 aromatic heterocycles. The Morgan fingerprint density at radius 3 is 1.89 bits per heavy atom. The Bertz CT molecular complexity index is 772. The fourth-order valence-corrected chi connectivity index (χ4v) is 3.33. The first-order valence-corrected chi connectivity index (χ1v) is 7.92. The van der Waals surface area contributed by atoms with Gasteiger partial charge in [-0.1, -0.05) is 30.3 Å². The molecule has 0 spiro atoms. The second-order valence-electron chi connectivity index (χ2n) is 5.84. The van der Waals surface area contributed by atoms with Crippen molar-refractivity contribution in [2.45, 2.75) is 18.5 Å². The fraction of sp³-hybridized carbons (Fsp3) is 0.389. The van der Waals surface area contributed by atoms with Gasteiger partial charge in [-0.15, -0.1) is 0 Å². The van der Waals surface area contributed by atoms with Gasteiger partial charge in [0.05, 0.1) is 21.3 Å². The van der Waals surface area contributed by atoms with Gasteiger partial charge in [0, 0.05) is 0 Å². The number of ketones is 1. The first-order valence-electron chi connectivity index (χ1n) is 7.92. The highest BCUT2D eigenvalue weighted by Gasteiger charge is 2.75. The van der Waals surface area contributed by atoms with Crippen molar-refractivity contribution in [3.63, 3.8) is 0 Å². The molecule has 1 saturated heterocycles. The van der Waals surface area contributed by atoms with E-state index in [1.165, 1.54) is 12.1 Å². The summed E-state index contributed by atoms with van der Waals surface area (Å²) in [5.74, 6) is -6.53. The third-order valence-electron chi connectivity index (χ3n) is 4.48. The summed E-state index contributed by atoms with van der Waals surface area (Å²) in [5.41, 5.74) is -2.13. The minimum atomic E-state index is -2.42. The van der Waals surface area contributed by atoms with Gasteiger partial charge in [0.2, 0.25) is 5.91 Å². The van der Waals surface area contributed by atoms with Crippen LogP contribution in [0.25, 0.3) is 0 Å². The van der Waals surface area contributed by atoms with E-state index in [1.807, 2.05) is 0 Å². The SMILES string of the molecule is COC(=O)C(c1ccccc1)N1C(=O)C(C(C)=O)C1(C(=O)OC)C(=O)OC. The predicted molar refractivity (Wildman–Crippen MR) is 89.0 cm³/mol. The highest BCUT2D eigenvalue weighted by molar-refractivity contribution is 6.25. The van der Waals surface area contributed by atoms with Crippen LogP contribution in [0.2, 0.25) is 0 Å². The standard InChI is InChI=1S/C18H19NO8/c1-10(20)12-14(21)19(18(12,16(23)26-3)17(24)27-4)13(15(22)25-2)11-8-6-5-7-9-11/h5-9,12-13H,1-4H3. The Morgan fingerprint density at radius 2 is 1.48 bits per heavy atom. The molecule has 1 aromatic carbocycles. The quantitative estimate of drug-likeness (QED) is 0.295. The van der Waals surface area contributed by atoms with Crippen LogP contribution < -0.4 is 0 Å². The average Bonchev–Trinajstić information content (AvgIpc) is 2.67. The van der Waals surface area contributed by atoms with E-state index in [2.05, 4.69) is 0 Å². The van der Waals surface area contributed by atoms with E-state index >= 15 is 0 Å². The molecule has 2 unspecified atom stereocenters. The van der Waals surface area contributed by atoms with Crippen LogP contribution in [0.1, 0.15) is 18.5 Å². The predicted octanol–water partition coefficient (Wildman–Crippen LogP) is 0.0329. The topological polar surface area (TPSA) is 116 Å². The minimum absolute atomic E-state index is 0.289. The zero-order chi connectivity index (χ0) is 20.4. The molecule has 0 bridgehead atoms. The molecule has 0 saturated carbocycles. The summed E-state index contributed by atoms with van der Waals surface area (Å²) in [5, 5.41) is 0. The van der Waals surface area contributed by atoms with Crippen LogP contribution in [0.5, 0.6) is 0 Å². The summed E-state index contributed by atoms with van der Waals surface area (Å²) >= 11 is 0. The highest BCUT2D eigenvalue weighted by atomic mass is 16.6. The number of hydrogen-bond acceptors (Lipinski definition) is 8. The zero-order valence-corrected chi connectivity index (χ0v) is 15.3. The van der Waals surface area contributed by atoms with E-state index in [9.17, 15) is 24.0 Å². The fourth-order valence-electron chi connectivity index (χ4n) is 3.33. The number of amides is 1. The molecule has 27 heavy (non-hydrogen) atoms. The van der Waals surface area contributed by atoms with E-state index in [0.29, 0.717) is 4.90 Å². The number of carbonyl (C=O) groups is 5. The molecule has 1 aliphatic heterocycles. The molecule has 1 fully saturated rings. The third-order valence-corrected chi connectivity index (χ3v) is 4.48. The molecule has 1 aliphatic rings. The minimum Gasteiger partial charge on any atom is -0.467 e. The number of β-lactam (4-membered cyclic amide) rings is 1. The summed E-state index contributed by atoms with van der Waals surface area (Å²) in [6, 6.07) is 6.50. The van der Waals surface area contributed by atoms with Crippen molar-refractivity contribution in [2.24, 2.45) is 5.92 Å². The van der Waals surface area contributed by atoms with E-state index in [0.717, 1.165) is 28.3 Å². The number of benzene rings is 1. The normalized spacial score (nSPS) is 18.7. The maximum atomic E-state index is 12.8. The molecule has 2 rings (SSSR count). The Morgan fingerprint density at radius 1 is 0.963 bits per heavy atom. The van der Waals surface area contributed by atoms with Gasteiger partial charge in [0.25, 0.3) is 5.54 Å². The lowest BCUT2D eigenvalue weighted by molar-refractivity contribution is -0.208. The van der Waals surface area contributed by atoms with Gasteiger partial charge in [-0.2, -0.15) is 0 Å². The van der Waals surface area contributed by atoms with Gasteiger partial charge in [-0.3, -0.25) is 14.5 Å². The van der Waals surface area contributed by atoms with Crippen LogP contribution in [0.4, 0.5) is 0 Å². The van der Waals surface area contributed by atoms with Crippen molar-refractivity contribution in [1.82, 2.24) is 4.90 Å². The van der Waals surface area contributed by atoms with Crippen molar-refractivity contribution < 1.29 is 38.2 Å². The third kappa shape index (κ3) is 2.84. The number of carbonyl (C=O) groups excluding carboxylic acids is 5. The second kappa shape index (κ2) is 7.56. The summed E-state index contributed by atoms with van der Waals surface area (Å²) < 4.78 is 14.2. The van der Waals surface area contributed by atoms with E-state index in [-0.39, 0.29) is 5.56 Å². The molecular weight excluding hydrogens is 358 g/mol. The van der Waals surface area contributed by atoms with Crippen molar-refractivity contribution in [3.05, 3.63) is 35.9 Å².